The van der Waals surface area contributed by atoms with Gasteiger partial charge in [0.05, 0.1) is 5.75 Å². The predicted octanol–water partition coefficient (Wildman–Crippen LogP) is 2.71. The number of hydrogen-bond acceptors (Lipinski definition) is 7. The number of hydrogen-bond donors (Lipinski definition) is 1. The van der Waals surface area contributed by atoms with Crippen LogP contribution in [0.5, 0.6) is 0 Å². The van der Waals surface area contributed by atoms with Crippen LogP contribution in [-0.2, 0) is 5.75 Å². The SMILES string of the molecule is Cc1ccc(SCc2noc(-c3nccnc3N)n2)cc1. The molecule has 2 N–H and O–H groups in total. The number of benzene rings is 1. The molecule has 0 unspecified atom stereocenters. The summed E-state index contributed by atoms with van der Waals surface area (Å²) in [5, 5.41) is 3.94. The van der Waals surface area contributed by atoms with Crippen molar-refractivity contribution in [2.24, 2.45) is 0 Å². The van der Waals surface area contributed by atoms with Crippen molar-refractivity contribution in [3.05, 3.63) is 48.0 Å². The minimum Gasteiger partial charge on any atom is -0.382 e. The molecule has 0 aliphatic carbocycles. The van der Waals surface area contributed by atoms with E-state index >= 15 is 0 Å². The number of nitrogens with zero attached hydrogens (tertiary/aromatic N) is 4. The minimum atomic E-state index is 0.277. The van der Waals surface area contributed by atoms with Crippen molar-refractivity contribution >= 4 is 17.6 Å². The topological polar surface area (TPSA) is 90.7 Å². The first-order valence-electron chi connectivity index (χ1n) is 6.31. The van der Waals surface area contributed by atoms with Crippen LogP contribution in [0.3, 0.4) is 0 Å². The number of aromatic nitrogens is 4. The van der Waals surface area contributed by atoms with Gasteiger partial charge in [0.2, 0.25) is 0 Å². The number of anilines is 1. The van der Waals surface area contributed by atoms with Crippen molar-refractivity contribution in [2.45, 2.75) is 17.6 Å². The van der Waals surface area contributed by atoms with Gasteiger partial charge in [-0.25, -0.2) is 9.97 Å². The second-order valence-corrected chi connectivity index (χ2v) is 5.46. The van der Waals surface area contributed by atoms with Gasteiger partial charge in [-0.1, -0.05) is 22.9 Å². The summed E-state index contributed by atoms with van der Waals surface area (Å²) in [4.78, 5) is 13.5. The van der Waals surface area contributed by atoms with Crippen molar-refractivity contribution in [1.82, 2.24) is 20.1 Å². The second kappa shape index (κ2) is 5.92. The van der Waals surface area contributed by atoms with Crippen LogP contribution in [0, 0.1) is 6.92 Å². The first-order chi connectivity index (χ1) is 10.2. The summed E-state index contributed by atoms with van der Waals surface area (Å²) in [6.07, 6.45) is 3.06. The number of nitrogens with two attached hydrogens (primary N) is 1. The summed E-state index contributed by atoms with van der Waals surface area (Å²) in [7, 11) is 0. The fourth-order valence-electron chi connectivity index (χ4n) is 1.70. The Morgan fingerprint density at radius 2 is 1.90 bits per heavy atom. The molecule has 2 heterocycles. The van der Waals surface area contributed by atoms with Gasteiger partial charge in [0.25, 0.3) is 5.89 Å². The number of aryl methyl sites for hydroxylation is 1. The summed E-state index contributed by atoms with van der Waals surface area (Å²) < 4.78 is 5.18. The standard InChI is InChI=1S/C14H13N5OS/c1-9-2-4-10(5-3-9)21-8-11-18-14(20-19-11)12-13(15)17-7-6-16-12/h2-7H,8H2,1H3,(H2,15,17). The van der Waals surface area contributed by atoms with E-state index in [1.54, 1.807) is 11.8 Å². The third-order valence-electron chi connectivity index (χ3n) is 2.79. The second-order valence-electron chi connectivity index (χ2n) is 4.41. The van der Waals surface area contributed by atoms with Gasteiger partial charge in [-0.2, -0.15) is 4.98 Å². The van der Waals surface area contributed by atoms with E-state index in [2.05, 4.69) is 51.3 Å². The van der Waals surface area contributed by atoms with Gasteiger partial charge in [-0.15, -0.1) is 11.8 Å². The molecule has 2 aromatic heterocycles. The van der Waals surface area contributed by atoms with Crippen LogP contribution >= 0.6 is 11.8 Å². The van der Waals surface area contributed by atoms with Gasteiger partial charge in [-0.05, 0) is 19.1 Å². The summed E-state index contributed by atoms with van der Waals surface area (Å²) >= 11 is 1.64. The molecule has 21 heavy (non-hydrogen) atoms. The lowest BCUT2D eigenvalue weighted by Gasteiger charge is -1.98. The highest BCUT2D eigenvalue weighted by Gasteiger charge is 2.13. The average molecular weight is 299 g/mol. The van der Waals surface area contributed by atoms with Crippen LogP contribution in [0.4, 0.5) is 5.82 Å². The first-order valence-corrected chi connectivity index (χ1v) is 7.30. The van der Waals surface area contributed by atoms with E-state index in [-0.39, 0.29) is 5.82 Å². The monoisotopic (exact) mass is 299 g/mol. The van der Waals surface area contributed by atoms with E-state index in [1.807, 2.05) is 0 Å². The molecule has 0 bridgehead atoms. The predicted molar refractivity (Wildman–Crippen MR) is 80.5 cm³/mol. The molecule has 3 rings (SSSR count). The molecule has 0 aliphatic heterocycles. The number of thioether (sulfide) groups is 1. The summed E-state index contributed by atoms with van der Waals surface area (Å²) in [5.74, 6) is 1.78. The Morgan fingerprint density at radius 3 is 2.67 bits per heavy atom. The molecule has 0 spiro atoms. The van der Waals surface area contributed by atoms with E-state index in [0.29, 0.717) is 23.2 Å². The van der Waals surface area contributed by atoms with E-state index in [0.717, 1.165) is 4.90 Å². The largest absolute Gasteiger partial charge is 0.382 e. The molecule has 106 valence electrons. The molecule has 0 aliphatic rings. The van der Waals surface area contributed by atoms with Crippen molar-refractivity contribution < 1.29 is 4.52 Å². The molecule has 0 amide bonds. The average Bonchev–Trinajstić information content (AvgIpc) is 2.96. The van der Waals surface area contributed by atoms with E-state index < -0.39 is 0 Å². The Bertz CT molecular complexity index is 741. The van der Waals surface area contributed by atoms with Crippen molar-refractivity contribution in [1.29, 1.82) is 0 Å². The maximum absolute atomic E-state index is 5.73. The molecular formula is C14H13N5OS. The van der Waals surface area contributed by atoms with E-state index in [9.17, 15) is 0 Å². The molecule has 6 nitrogen and oxygen atoms in total. The highest BCUT2D eigenvalue weighted by Crippen LogP contribution is 2.24. The Balaban J connectivity index is 1.71. The molecule has 3 aromatic rings. The summed E-state index contributed by atoms with van der Waals surface area (Å²) in [6, 6.07) is 8.29. The van der Waals surface area contributed by atoms with Crippen molar-refractivity contribution in [3.8, 4) is 11.6 Å². The summed E-state index contributed by atoms with van der Waals surface area (Å²) in [5.41, 5.74) is 7.38. The zero-order chi connectivity index (χ0) is 14.7. The molecule has 7 heteroatoms. The van der Waals surface area contributed by atoms with Gasteiger partial charge in [0.15, 0.2) is 17.3 Å². The number of nitrogen functional groups attached to an aromatic ring is 1. The summed E-state index contributed by atoms with van der Waals surface area (Å²) in [6.45, 7) is 2.06. The highest BCUT2D eigenvalue weighted by molar-refractivity contribution is 7.98. The lowest BCUT2D eigenvalue weighted by atomic mass is 10.2. The maximum atomic E-state index is 5.73. The van der Waals surface area contributed by atoms with E-state index in [1.165, 1.54) is 18.0 Å². The molecular weight excluding hydrogens is 286 g/mol. The minimum absolute atomic E-state index is 0.277. The Labute approximate surface area is 125 Å². The van der Waals surface area contributed by atoms with Crippen LogP contribution < -0.4 is 5.73 Å². The number of rotatable bonds is 4. The van der Waals surface area contributed by atoms with Crippen molar-refractivity contribution in [2.75, 3.05) is 5.73 Å². The first kappa shape index (κ1) is 13.6. The molecule has 0 saturated carbocycles. The van der Waals surface area contributed by atoms with Crippen LogP contribution in [-0.4, -0.2) is 20.1 Å². The van der Waals surface area contributed by atoms with Crippen LogP contribution in [0.15, 0.2) is 46.1 Å². The van der Waals surface area contributed by atoms with Crippen LogP contribution in [0.1, 0.15) is 11.4 Å². The smallest absolute Gasteiger partial charge is 0.280 e. The Hall–Kier alpha value is -2.41. The van der Waals surface area contributed by atoms with Crippen molar-refractivity contribution in [3.63, 3.8) is 0 Å². The van der Waals surface area contributed by atoms with Gasteiger partial charge < -0.3 is 10.3 Å². The fraction of sp³-hybridized carbons (Fsp3) is 0.143. The maximum Gasteiger partial charge on any atom is 0.280 e. The lowest BCUT2D eigenvalue weighted by molar-refractivity contribution is 0.424. The molecule has 0 saturated heterocycles. The van der Waals surface area contributed by atoms with E-state index in [4.69, 9.17) is 10.3 Å². The van der Waals surface area contributed by atoms with Gasteiger partial charge >= 0.3 is 0 Å². The van der Waals surface area contributed by atoms with Gasteiger partial charge in [-0.3, -0.25) is 0 Å². The Kier molecular flexibility index (Phi) is 3.83. The fourth-order valence-corrected chi connectivity index (χ4v) is 2.45. The zero-order valence-electron chi connectivity index (χ0n) is 11.4. The quantitative estimate of drug-likeness (QED) is 0.740. The van der Waals surface area contributed by atoms with Crippen LogP contribution in [0.25, 0.3) is 11.6 Å². The third kappa shape index (κ3) is 3.19. The normalized spacial score (nSPS) is 10.7. The highest BCUT2D eigenvalue weighted by atomic mass is 32.2. The van der Waals surface area contributed by atoms with Gasteiger partial charge in [0.1, 0.15) is 0 Å². The molecule has 0 fully saturated rings. The molecule has 1 aromatic carbocycles. The van der Waals surface area contributed by atoms with Crippen LogP contribution in [0.2, 0.25) is 0 Å². The Morgan fingerprint density at radius 1 is 1.14 bits per heavy atom. The third-order valence-corrected chi connectivity index (χ3v) is 3.79. The lowest BCUT2D eigenvalue weighted by Crippen LogP contribution is -1.96. The van der Waals surface area contributed by atoms with Gasteiger partial charge in [0, 0.05) is 17.3 Å². The zero-order valence-corrected chi connectivity index (χ0v) is 12.2. The molecule has 0 atom stereocenters. The molecule has 0 radical (unpaired) electrons.